The Balaban J connectivity index is 1.39. The maximum Gasteiger partial charge on any atom is 0.321 e. The minimum absolute atomic E-state index is 0.0525. The van der Waals surface area contributed by atoms with E-state index in [1.54, 1.807) is 7.11 Å². The van der Waals surface area contributed by atoms with Gasteiger partial charge >= 0.3 is 6.03 Å². The first-order valence-electron chi connectivity index (χ1n) is 10.2. The van der Waals surface area contributed by atoms with Gasteiger partial charge in [0.15, 0.2) is 5.13 Å². The second-order valence-corrected chi connectivity index (χ2v) is 8.03. The zero-order valence-electron chi connectivity index (χ0n) is 17.4. The van der Waals surface area contributed by atoms with Gasteiger partial charge in [-0.2, -0.15) is 0 Å². The van der Waals surface area contributed by atoms with Crippen LogP contribution in [0, 0.1) is 0 Å². The molecule has 2 N–H and O–H groups in total. The lowest BCUT2D eigenvalue weighted by Crippen LogP contribution is -2.44. The topological polar surface area (TPSA) is 75.7 Å². The number of carbonyl (C=O) groups excluding carboxylic acids is 1. The molecule has 2 aromatic carbocycles. The molecule has 1 aliphatic rings. The number of nitrogens with one attached hydrogen (secondary N) is 2. The number of urea groups is 1. The van der Waals surface area contributed by atoms with E-state index in [4.69, 9.17) is 9.47 Å². The lowest BCUT2D eigenvalue weighted by Gasteiger charge is -2.35. The average molecular weight is 439 g/mol. The van der Waals surface area contributed by atoms with Crippen LogP contribution in [0.3, 0.4) is 0 Å². The average Bonchev–Trinajstić information content (AvgIpc) is 3.29. The van der Waals surface area contributed by atoms with Crippen molar-refractivity contribution in [1.82, 2.24) is 15.2 Å². The highest BCUT2D eigenvalue weighted by atomic mass is 32.1. The van der Waals surface area contributed by atoms with Crippen LogP contribution in [-0.4, -0.2) is 55.9 Å². The first kappa shape index (κ1) is 21.3. The van der Waals surface area contributed by atoms with Crippen molar-refractivity contribution < 1.29 is 14.3 Å². The number of benzene rings is 2. The number of aromatic nitrogens is 1. The summed E-state index contributed by atoms with van der Waals surface area (Å²) in [5, 5.41) is 8.38. The number of methoxy groups -OCH3 is 1. The van der Waals surface area contributed by atoms with Crippen LogP contribution in [0.5, 0.6) is 5.75 Å². The number of thiazole rings is 1. The number of amides is 2. The lowest BCUT2D eigenvalue weighted by molar-refractivity contribution is 0.0167. The molecule has 1 unspecified atom stereocenters. The first-order chi connectivity index (χ1) is 15.2. The van der Waals surface area contributed by atoms with Crippen molar-refractivity contribution in [2.45, 2.75) is 6.04 Å². The van der Waals surface area contributed by atoms with E-state index in [2.05, 4.69) is 20.5 Å². The minimum Gasteiger partial charge on any atom is -0.497 e. The molecule has 7 nitrogen and oxygen atoms in total. The molecule has 1 saturated heterocycles. The van der Waals surface area contributed by atoms with Gasteiger partial charge in [-0.05, 0) is 17.7 Å². The van der Waals surface area contributed by atoms with Crippen LogP contribution in [0.1, 0.15) is 11.6 Å². The van der Waals surface area contributed by atoms with E-state index in [-0.39, 0.29) is 12.1 Å². The van der Waals surface area contributed by atoms with Crippen molar-refractivity contribution in [3.8, 4) is 17.0 Å². The summed E-state index contributed by atoms with van der Waals surface area (Å²) in [6.45, 7) is 3.52. The Morgan fingerprint density at radius 1 is 1.16 bits per heavy atom. The molecule has 1 aliphatic heterocycles. The number of ether oxygens (including phenoxy) is 2. The summed E-state index contributed by atoms with van der Waals surface area (Å²) in [5.74, 6) is 0.813. The molecule has 0 aliphatic carbocycles. The van der Waals surface area contributed by atoms with E-state index in [1.165, 1.54) is 11.3 Å². The van der Waals surface area contributed by atoms with Gasteiger partial charge in [0.1, 0.15) is 5.75 Å². The number of hydrogen-bond acceptors (Lipinski definition) is 6. The van der Waals surface area contributed by atoms with Crippen molar-refractivity contribution in [2.24, 2.45) is 0 Å². The van der Waals surface area contributed by atoms with Crippen LogP contribution in [0.4, 0.5) is 9.93 Å². The van der Waals surface area contributed by atoms with Crippen LogP contribution >= 0.6 is 11.3 Å². The minimum atomic E-state index is -0.263. The lowest BCUT2D eigenvalue weighted by atomic mass is 10.0. The fourth-order valence-corrected chi connectivity index (χ4v) is 4.29. The summed E-state index contributed by atoms with van der Waals surface area (Å²) in [6, 6.07) is 17.7. The fourth-order valence-electron chi connectivity index (χ4n) is 3.58. The summed E-state index contributed by atoms with van der Waals surface area (Å²) in [7, 11) is 1.65. The summed E-state index contributed by atoms with van der Waals surface area (Å²) in [6.07, 6.45) is 0. The Hall–Kier alpha value is -2.94. The van der Waals surface area contributed by atoms with Crippen molar-refractivity contribution >= 4 is 22.5 Å². The summed E-state index contributed by atoms with van der Waals surface area (Å²) < 4.78 is 10.8. The third-order valence-electron chi connectivity index (χ3n) is 5.24. The summed E-state index contributed by atoms with van der Waals surface area (Å²) in [4.78, 5) is 19.4. The molecule has 2 amide bonds. The smallest absolute Gasteiger partial charge is 0.321 e. The summed E-state index contributed by atoms with van der Waals surface area (Å²) >= 11 is 1.41. The molecule has 8 heteroatoms. The highest BCUT2D eigenvalue weighted by Crippen LogP contribution is 2.25. The van der Waals surface area contributed by atoms with Crippen LogP contribution in [0.15, 0.2) is 60.0 Å². The van der Waals surface area contributed by atoms with Crippen LogP contribution in [0.25, 0.3) is 11.3 Å². The largest absolute Gasteiger partial charge is 0.497 e. The Kier molecular flexibility index (Phi) is 7.14. The van der Waals surface area contributed by atoms with Crippen LogP contribution in [-0.2, 0) is 4.74 Å². The molecule has 4 rings (SSSR count). The van der Waals surface area contributed by atoms with Crippen LogP contribution < -0.4 is 15.4 Å². The van der Waals surface area contributed by atoms with E-state index in [9.17, 15) is 4.79 Å². The molecular weight excluding hydrogens is 412 g/mol. The van der Waals surface area contributed by atoms with Gasteiger partial charge in [-0.3, -0.25) is 10.2 Å². The van der Waals surface area contributed by atoms with E-state index in [1.807, 2.05) is 60.0 Å². The number of hydrogen-bond donors (Lipinski definition) is 2. The monoisotopic (exact) mass is 438 g/mol. The number of rotatable bonds is 7. The Morgan fingerprint density at radius 3 is 2.61 bits per heavy atom. The predicted octanol–water partition coefficient (Wildman–Crippen LogP) is 4.01. The second-order valence-electron chi connectivity index (χ2n) is 7.18. The molecule has 162 valence electrons. The Morgan fingerprint density at radius 2 is 1.90 bits per heavy atom. The van der Waals surface area contributed by atoms with Gasteiger partial charge in [-0.1, -0.05) is 42.5 Å². The van der Waals surface area contributed by atoms with Crippen molar-refractivity contribution in [1.29, 1.82) is 0 Å². The number of anilines is 1. The molecule has 1 atom stereocenters. The Bertz CT molecular complexity index is 972. The Labute approximate surface area is 186 Å². The third-order valence-corrected chi connectivity index (χ3v) is 5.99. The van der Waals surface area contributed by atoms with Gasteiger partial charge in [-0.15, -0.1) is 11.3 Å². The molecular formula is C23H26N4O3S. The molecule has 0 spiro atoms. The number of carbonyl (C=O) groups is 1. The zero-order valence-corrected chi connectivity index (χ0v) is 18.2. The van der Waals surface area contributed by atoms with Gasteiger partial charge in [0.2, 0.25) is 0 Å². The number of morpholine rings is 1. The highest BCUT2D eigenvalue weighted by molar-refractivity contribution is 7.14. The van der Waals surface area contributed by atoms with Crippen LogP contribution in [0.2, 0.25) is 0 Å². The fraction of sp³-hybridized carbons (Fsp3) is 0.304. The quantitative estimate of drug-likeness (QED) is 0.583. The molecule has 0 bridgehead atoms. The van der Waals surface area contributed by atoms with E-state index < -0.39 is 0 Å². The molecule has 3 aromatic rings. The molecule has 0 saturated carbocycles. The van der Waals surface area contributed by atoms with Crippen molar-refractivity contribution in [3.05, 3.63) is 65.5 Å². The zero-order chi connectivity index (χ0) is 21.5. The molecule has 31 heavy (non-hydrogen) atoms. The SMILES string of the molecule is COc1ccc(C(CNC(=O)Nc2nc(-c3ccccc3)cs2)N2CCOCC2)cc1. The number of nitrogens with zero attached hydrogens (tertiary/aromatic N) is 2. The molecule has 1 aromatic heterocycles. The van der Waals surface area contributed by atoms with Gasteiger partial charge in [-0.25, -0.2) is 9.78 Å². The maximum absolute atomic E-state index is 12.6. The normalized spacial score (nSPS) is 15.3. The van der Waals surface area contributed by atoms with Gasteiger partial charge < -0.3 is 14.8 Å². The summed E-state index contributed by atoms with van der Waals surface area (Å²) in [5.41, 5.74) is 3.01. The maximum atomic E-state index is 12.6. The molecule has 2 heterocycles. The molecule has 0 radical (unpaired) electrons. The van der Waals surface area contributed by atoms with Crippen molar-refractivity contribution in [2.75, 3.05) is 45.3 Å². The first-order valence-corrected chi connectivity index (χ1v) is 11.1. The van der Waals surface area contributed by atoms with Gasteiger partial charge in [0.25, 0.3) is 0 Å². The van der Waals surface area contributed by atoms with Gasteiger partial charge in [0, 0.05) is 30.6 Å². The van der Waals surface area contributed by atoms with E-state index >= 15 is 0 Å². The predicted molar refractivity (Wildman–Crippen MR) is 123 cm³/mol. The van der Waals surface area contributed by atoms with E-state index in [0.717, 1.165) is 35.7 Å². The molecule has 1 fully saturated rings. The van der Waals surface area contributed by atoms with E-state index in [0.29, 0.717) is 24.9 Å². The standard InChI is InChI=1S/C23H26N4O3S/c1-29-19-9-7-18(8-10-19)21(27-11-13-30-14-12-27)15-24-22(28)26-23-25-20(16-31-23)17-5-3-2-4-6-17/h2-10,16,21H,11-15H2,1H3,(H2,24,25,26,28). The van der Waals surface area contributed by atoms with Crippen molar-refractivity contribution in [3.63, 3.8) is 0 Å². The highest BCUT2D eigenvalue weighted by Gasteiger charge is 2.23. The third kappa shape index (κ3) is 5.61. The van der Waals surface area contributed by atoms with Gasteiger partial charge in [0.05, 0.1) is 32.1 Å². The second kappa shape index (κ2) is 10.4.